The number of rotatable bonds is 4. The van der Waals surface area contributed by atoms with Gasteiger partial charge in [0.2, 0.25) is 0 Å². The Morgan fingerprint density at radius 2 is 2.04 bits per heavy atom. The molecule has 1 aliphatic heterocycles. The predicted octanol–water partition coefficient (Wildman–Crippen LogP) is 4.35. The molecule has 1 heterocycles. The minimum atomic E-state index is -0.526. The molecule has 1 aromatic carbocycles. The normalized spacial score (nSPS) is 20.9. The van der Waals surface area contributed by atoms with Crippen LogP contribution < -0.4 is 15.4 Å². The minimum Gasteiger partial charge on any atom is -0.497 e. The number of ether oxygens (including phenoxy) is 2. The molecule has 1 amide bonds. The van der Waals surface area contributed by atoms with E-state index in [0.29, 0.717) is 17.0 Å². The van der Waals surface area contributed by atoms with Crippen LogP contribution in [-0.4, -0.2) is 35.8 Å². The van der Waals surface area contributed by atoms with Gasteiger partial charge in [-0.05, 0) is 39.3 Å². The van der Waals surface area contributed by atoms with Crippen molar-refractivity contribution < 1.29 is 14.3 Å². The van der Waals surface area contributed by atoms with Crippen LogP contribution in [0.4, 0.5) is 16.2 Å². The zero-order valence-corrected chi connectivity index (χ0v) is 15.3. The number of hydrogen-bond donors (Lipinski definition) is 2. The summed E-state index contributed by atoms with van der Waals surface area (Å²) in [5, 5.41) is 6.98. The second-order valence-corrected chi connectivity index (χ2v) is 8.23. The van der Waals surface area contributed by atoms with Crippen molar-refractivity contribution in [3.8, 4) is 5.75 Å². The van der Waals surface area contributed by atoms with E-state index < -0.39 is 11.7 Å². The third-order valence-corrected chi connectivity index (χ3v) is 4.78. The van der Waals surface area contributed by atoms with E-state index in [1.807, 2.05) is 50.7 Å². The van der Waals surface area contributed by atoms with E-state index in [4.69, 9.17) is 9.47 Å². The molecule has 0 aliphatic carbocycles. The van der Waals surface area contributed by atoms with Crippen LogP contribution in [0.15, 0.2) is 18.2 Å². The van der Waals surface area contributed by atoms with Gasteiger partial charge in [0.05, 0.1) is 18.5 Å². The molecule has 6 heteroatoms. The van der Waals surface area contributed by atoms with Gasteiger partial charge >= 0.3 is 6.09 Å². The van der Waals surface area contributed by atoms with Crippen molar-refractivity contribution in [2.45, 2.75) is 51.0 Å². The average Bonchev–Trinajstić information content (AvgIpc) is 2.84. The second kappa shape index (κ2) is 7.34. The Morgan fingerprint density at radius 3 is 2.61 bits per heavy atom. The molecule has 0 aromatic heterocycles. The highest BCUT2D eigenvalue weighted by Gasteiger charge is 2.23. The molecule has 2 N–H and O–H groups in total. The lowest BCUT2D eigenvalue weighted by Gasteiger charge is -2.22. The molecule has 0 radical (unpaired) electrons. The number of carbonyl (C=O) groups is 1. The van der Waals surface area contributed by atoms with Crippen molar-refractivity contribution in [3.63, 3.8) is 0 Å². The molecule has 5 nitrogen and oxygen atoms in total. The van der Waals surface area contributed by atoms with Gasteiger partial charge in [-0.15, -0.1) is 0 Å². The first-order chi connectivity index (χ1) is 10.8. The Morgan fingerprint density at radius 1 is 1.30 bits per heavy atom. The van der Waals surface area contributed by atoms with Gasteiger partial charge in [-0.3, -0.25) is 5.32 Å². The van der Waals surface area contributed by atoms with Gasteiger partial charge in [0.25, 0.3) is 0 Å². The molecule has 1 fully saturated rings. The molecule has 2 rings (SSSR count). The summed E-state index contributed by atoms with van der Waals surface area (Å²) in [5.74, 6) is 1.81. The Labute approximate surface area is 142 Å². The fourth-order valence-electron chi connectivity index (χ4n) is 2.43. The number of benzene rings is 1. The Balaban J connectivity index is 2.12. The predicted molar refractivity (Wildman–Crippen MR) is 96.8 cm³/mol. The number of anilines is 2. The second-order valence-electron chi connectivity index (χ2n) is 6.76. The molecule has 1 saturated heterocycles. The fraction of sp³-hybridized carbons (Fsp3) is 0.588. The Hall–Kier alpha value is -1.56. The van der Waals surface area contributed by atoms with Gasteiger partial charge in [0.15, 0.2) is 0 Å². The summed E-state index contributed by atoms with van der Waals surface area (Å²) in [6.45, 7) is 7.77. The topological polar surface area (TPSA) is 59.6 Å². The lowest BCUT2D eigenvalue weighted by atomic mass is 10.1. The molecule has 2 unspecified atom stereocenters. The molecule has 128 valence electrons. The van der Waals surface area contributed by atoms with E-state index in [9.17, 15) is 4.79 Å². The van der Waals surface area contributed by atoms with Crippen molar-refractivity contribution in [2.75, 3.05) is 23.5 Å². The van der Waals surface area contributed by atoms with Crippen molar-refractivity contribution in [3.05, 3.63) is 18.2 Å². The first-order valence-corrected chi connectivity index (χ1v) is 8.88. The molecule has 0 saturated carbocycles. The van der Waals surface area contributed by atoms with Crippen molar-refractivity contribution >= 4 is 29.2 Å². The molecule has 0 spiro atoms. The maximum atomic E-state index is 12.0. The molecule has 1 aromatic rings. The maximum Gasteiger partial charge on any atom is 0.412 e. The number of hydrogen-bond acceptors (Lipinski definition) is 5. The van der Waals surface area contributed by atoms with E-state index in [1.165, 1.54) is 0 Å². The highest BCUT2D eigenvalue weighted by molar-refractivity contribution is 8.00. The van der Waals surface area contributed by atoms with Crippen LogP contribution in [0.1, 0.15) is 34.1 Å². The number of carbonyl (C=O) groups excluding carboxylic acids is 1. The van der Waals surface area contributed by atoms with Crippen LogP contribution in [0.25, 0.3) is 0 Å². The van der Waals surface area contributed by atoms with Crippen LogP contribution in [0.5, 0.6) is 5.75 Å². The van der Waals surface area contributed by atoms with Crippen LogP contribution in [-0.2, 0) is 4.74 Å². The van der Waals surface area contributed by atoms with Crippen LogP contribution in [0, 0.1) is 0 Å². The van der Waals surface area contributed by atoms with Crippen molar-refractivity contribution in [1.29, 1.82) is 0 Å². The largest absolute Gasteiger partial charge is 0.497 e. The van der Waals surface area contributed by atoms with Gasteiger partial charge < -0.3 is 14.8 Å². The summed E-state index contributed by atoms with van der Waals surface area (Å²) < 4.78 is 10.6. The van der Waals surface area contributed by atoms with Gasteiger partial charge in [-0.1, -0.05) is 6.92 Å². The van der Waals surface area contributed by atoms with Crippen LogP contribution in [0.2, 0.25) is 0 Å². The van der Waals surface area contributed by atoms with Crippen LogP contribution in [0.3, 0.4) is 0 Å². The highest BCUT2D eigenvalue weighted by Crippen LogP contribution is 2.33. The summed E-state index contributed by atoms with van der Waals surface area (Å²) in [4.78, 5) is 12.0. The van der Waals surface area contributed by atoms with Crippen molar-refractivity contribution in [1.82, 2.24) is 0 Å². The zero-order valence-electron chi connectivity index (χ0n) is 14.4. The fourth-order valence-corrected chi connectivity index (χ4v) is 3.58. The SMILES string of the molecule is COc1ccc(NC(=O)OC(C)(C)C)c(NC2CSC(C)C2)c1. The van der Waals surface area contributed by atoms with Gasteiger partial charge in [0, 0.05) is 23.1 Å². The lowest BCUT2D eigenvalue weighted by molar-refractivity contribution is 0.0636. The number of amides is 1. The van der Waals surface area contributed by atoms with Crippen LogP contribution >= 0.6 is 11.8 Å². The van der Waals surface area contributed by atoms with E-state index in [1.54, 1.807) is 7.11 Å². The molecular formula is C17H26N2O3S. The zero-order chi connectivity index (χ0) is 17.0. The third-order valence-electron chi connectivity index (χ3n) is 3.42. The Bertz CT molecular complexity index is 557. The number of methoxy groups -OCH3 is 1. The minimum absolute atomic E-state index is 0.390. The molecular weight excluding hydrogens is 312 g/mol. The number of thioether (sulfide) groups is 1. The quantitative estimate of drug-likeness (QED) is 0.855. The van der Waals surface area contributed by atoms with E-state index in [-0.39, 0.29) is 0 Å². The molecule has 1 aliphatic rings. The van der Waals surface area contributed by atoms with E-state index in [2.05, 4.69) is 17.6 Å². The van der Waals surface area contributed by atoms with Gasteiger partial charge in [0.1, 0.15) is 11.4 Å². The first-order valence-electron chi connectivity index (χ1n) is 7.83. The van der Waals surface area contributed by atoms with E-state index in [0.717, 1.165) is 23.6 Å². The standard InChI is InChI=1S/C17H26N2O3S/c1-11-8-12(10-23-11)18-15-9-13(21-5)6-7-14(15)19-16(20)22-17(2,3)4/h6-7,9,11-12,18H,8,10H2,1-5H3,(H,19,20). The summed E-state index contributed by atoms with van der Waals surface area (Å²) in [6, 6.07) is 5.95. The smallest absolute Gasteiger partial charge is 0.412 e. The summed E-state index contributed by atoms with van der Waals surface area (Å²) in [5.41, 5.74) is 1.03. The first kappa shape index (κ1) is 17.8. The van der Waals surface area contributed by atoms with Crippen molar-refractivity contribution in [2.24, 2.45) is 0 Å². The monoisotopic (exact) mass is 338 g/mol. The molecule has 0 bridgehead atoms. The lowest BCUT2D eigenvalue weighted by Crippen LogP contribution is -2.28. The maximum absolute atomic E-state index is 12.0. The van der Waals surface area contributed by atoms with E-state index >= 15 is 0 Å². The van der Waals surface area contributed by atoms with Gasteiger partial charge in [-0.25, -0.2) is 4.79 Å². The van der Waals surface area contributed by atoms with Gasteiger partial charge in [-0.2, -0.15) is 11.8 Å². The number of nitrogens with one attached hydrogen (secondary N) is 2. The summed E-state index contributed by atoms with van der Waals surface area (Å²) >= 11 is 1.96. The molecule has 23 heavy (non-hydrogen) atoms. The summed E-state index contributed by atoms with van der Waals surface area (Å²) in [7, 11) is 1.63. The Kier molecular flexibility index (Phi) is 5.68. The third kappa shape index (κ3) is 5.53. The average molecular weight is 338 g/mol. The summed E-state index contributed by atoms with van der Waals surface area (Å²) in [6.07, 6.45) is 0.646. The molecule has 2 atom stereocenters. The highest BCUT2D eigenvalue weighted by atomic mass is 32.2.